The van der Waals surface area contributed by atoms with E-state index in [4.69, 9.17) is 4.74 Å². The van der Waals surface area contributed by atoms with Crippen LogP contribution >= 0.6 is 0 Å². The Labute approximate surface area is 172 Å². The Hall–Kier alpha value is -2.34. The highest BCUT2D eigenvalue weighted by atomic mass is 16.5. The third-order valence-corrected chi connectivity index (χ3v) is 5.70. The molecule has 3 rings (SSSR count). The maximum absolute atomic E-state index is 12.5. The van der Waals surface area contributed by atoms with E-state index in [0.717, 1.165) is 30.0 Å². The van der Waals surface area contributed by atoms with Crippen LogP contribution in [0, 0.1) is 5.92 Å². The number of anilines is 1. The fourth-order valence-corrected chi connectivity index (χ4v) is 4.10. The van der Waals surface area contributed by atoms with E-state index in [9.17, 15) is 14.7 Å². The average molecular weight is 401 g/mol. The maximum atomic E-state index is 12.5. The van der Waals surface area contributed by atoms with E-state index in [1.54, 1.807) is 4.90 Å². The lowest BCUT2D eigenvalue weighted by Crippen LogP contribution is -2.37. The molecule has 0 atom stereocenters. The molecule has 0 aromatic heterocycles. The second-order valence-corrected chi connectivity index (χ2v) is 7.92. The summed E-state index contributed by atoms with van der Waals surface area (Å²) in [6.07, 6.45) is 11.4. The van der Waals surface area contributed by atoms with Gasteiger partial charge in [0.25, 0.3) is 0 Å². The van der Waals surface area contributed by atoms with Crippen molar-refractivity contribution in [2.75, 3.05) is 31.6 Å². The third kappa shape index (κ3) is 6.60. The molecule has 1 heterocycles. The van der Waals surface area contributed by atoms with Gasteiger partial charge in [-0.25, -0.2) is 0 Å². The van der Waals surface area contributed by atoms with Gasteiger partial charge in [-0.2, -0.15) is 0 Å². The number of carbonyl (C=O) groups excluding carboxylic acids is 2. The zero-order valence-electron chi connectivity index (χ0n) is 17.1. The molecular formula is C23H32N2O4. The van der Waals surface area contributed by atoms with Gasteiger partial charge in [-0.3, -0.25) is 9.59 Å². The minimum atomic E-state index is 0.00404. The van der Waals surface area contributed by atoms with Crippen molar-refractivity contribution in [1.82, 2.24) is 4.90 Å². The Morgan fingerprint density at radius 2 is 2.03 bits per heavy atom. The van der Waals surface area contributed by atoms with Gasteiger partial charge in [0.1, 0.15) is 12.4 Å². The molecule has 1 aliphatic heterocycles. The number of aryl methyl sites for hydroxylation is 1. The van der Waals surface area contributed by atoms with E-state index in [2.05, 4.69) is 5.32 Å². The Balaban J connectivity index is 1.42. The largest absolute Gasteiger partial charge is 0.490 e. The second-order valence-electron chi connectivity index (χ2n) is 7.92. The van der Waals surface area contributed by atoms with E-state index >= 15 is 0 Å². The number of rotatable bonds is 9. The summed E-state index contributed by atoms with van der Waals surface area (Å²) < 4.78 is 5.75. The number of amides is 2. The molecule has 1 aromatic rings. The molecule has 1 fully saturated rings. The first-order valence-corrected chi connectivity index (χ1v) is 10.7. The molecular weight excluding hydrogens is 368 g/mol. The van der Waals surface area contributed by atoms with Gasteiger partial charge in [0, 0.05) is 31.6 Å². The molecule has 2 N–H and O–H groups in total. The summed E-state index contributed by atoms with van der Waals surface area (Å²) in [5.74, 6) is 1.44. The Kier molecular flexibility index (Phi) is 8.11. The molecule has 0 radical (unpaired) electrons. The van der Waals surface area contributed by atoms with Gasteiger partial charge >= 0.3 is 0 Å². The maximum Gasteiger partial charge on any atom is 0.226 e. The van der Waals surface area contributed by atoms with Gasteiger partial charge in [0.2, 0.25) is 11.8 Å². The Morgan fingerprint density at radius 1 is 1.21 bits per heavy atom. The lowest BCUT2D eigenvalue weighted by Gasteiger charge is -2.29. The summed E-state index contributed by atoms with van der Waals surface area (Å²) in [6, 6.07) is 5.67. The number of fused-ring (bicyclic) bond motifs is 1. The van der Waals surface area contributed by atoms with Crippen LogP contribution in [0.15, 0.2) is 30.4 Å². The van der Waals surface area contributed by atoms with Crippen LogP contribution in [0.4, 0.5) is 5.69 Å². The third-order valence-electron chi connectivity index (χ3n) is 5.70. The SMILES string of the molecule is O=C1CCc2cc(OCC=CCC(=O)N(CCO)CC3CCCCC3)ccc2N1. The Bertz CT molecular complexity index is 726. The first kappa shape index (κ1) is 21.4. The fourth-order valence-electron chi connectivity index (χ4n) is 4.10. The van der Waals surface area contributed by atoms with Crippen LogP contribution in [-0.2, 0) is 16.0 Å². The number of nitrogens with zero attached hydrogens (tertiary/aromatic N) is 1. The van der Waals surface area contributed by atoms with E-state index in [1.165, 1.54) is 32.1 Å². The molecule has 158 valence electrons. The standard InChI is InChI=1S/C23H32N2O4/c26-14-13-25(17-18-6-2-1-3-7-18)23(28)8-4-5-15-29-20-10-11-21-19(16-20)9-12-22(27)24-21/h4-5,10-11,16,18,26H,1-3,6-9,12-15,17H2,(H,24,27). The predicted octanol–water partition coefficient (Wildman–Crippen LogP) is 3.30. The second kappa shape index (κ2) is 11.0. The summed E-state index contributed by atoms with van der Waals surface area (Å²) in [5.41, 5.74) is 1.94. The summed E-state index contributed by atoms with van der Waals surface area (Å²) in [6.45, 7) is 1.56. The van der Waals surface area contributed by atoms with Gasteiger partial charge in [-0.05, 0) is 48.9 Å². The minimum absolute atomic E-state index is 0.00404. The quantitative estimate of drug-likeness (QED) is 0.624. The van der Waals surface area contributed by atoms with Crippen molar-refractivity contribution in [3.63, 3.8) is 0 Å². The number of ether oxygens (including phenoxy) is 1. The van der Waals surface area contributed by atoms with Crippen LogP contribution in [0.3, 0.4) is 0 Å². The van der Waals surface area contributed by atoms with Gasteiger partial charge in [-0.1, -0.05) is 31.4 Å². The first-order chi connectivity index (χ1) is 14.2. The number of aliphatic hydroxyl groups is 1. The number of carbonyl (C=O) groups is 2. The molecule has 0 bridgehead atoms. The smallest absolute Gasteiger partial charge is 0.226 e. The molecule has 1 aromatic carbocycles. The van der Waals surface area contributed by atoms with Crippen LogP contribution in [0.2, 0.25) is 0 Å². The van der Waals surface area contributed by atoms with Gasteiger partial charge in [0.05, 0.1) is 6.61 Å². The molecule has 1 aliphatic carbocycles. The fraction of sp³-hybridized carbons (Fsp3) is 0.565. The normalized spacial score (nSPS) is 17.1. The van der Waals surface area contributed by atoms with Crippen LogP contribution in [0.25, 0.3) is 0 Å². The molecule has 6 nitrogen and oxygen atoms in total. The zero-order valence-corrected chi connectivity index (χ0v) is 17.1. The van der Waals surface area contributed by atoms with Crippen LogP contribution < -0.4 is 10.1 Å². The lowest BCUT2D eigenvalue weighted by atomic mass is 9.89. The van der Waals surface area contributed by atoms with E-state index in [-0.39, 0.29) is 18.4 Å². The van der Waals surface area contributed by atoms with E-state index in [0.29, 0.717) is 31.9 Å². The summed E-state index contributed by atoms with van der Waals surface area (Å²) in [4.78, 5) is 25.7. The molecule has 0 unspecified atom stereocenters. The topological polar surface area (TPSA) is 78.9 Å². The van der Waals surface area contributed by atoms with Crippen molar-refractivity contribution >= 4 is 17.5 Å². The van der Waals surface area contributed by atoms with E-state index in [1.807, 2.05) is 30.4 Å². The predicted molar refractivity (Wildman–Crippen MR) is 113 cm³/mol. The first-order valence-electron chi connectivity index (χ1n) is 10.7. The van der Waals surface area contributed by atoms with Crippen LogP contribution in [0.5, 0.6) is 5.75 Å². The number of benzene rings is 1. The van der Waals surface area contributed by atoms with Crippen molar-refractivity contribution in [2.24, 2.45) is 5.92 Å². The number of hydrogen-bond acceptors (Lipinski definition) is 4. The Morgan fingerprint density at radius 3 is 2.83 bits per heavy atom. The average Bonchev–Trinajstić information content (AvgIpc) is 2.74. The summed E-state index contributed by atoms with van der Waals surface area (Å²) >= 11 is 0. The highest BCUT2D eigenvalue weighted by Crippen LogP contribution is 2.27. The highest BCUT2D eigenvalue weighted by Gasteiger charge is 2.20. The molecule has 2 aliphatic rings. The van der Waals surface area contributed by atoms with Crippen molar-refractivity contribution in [2.45, 2.75) is 51.4 Å². The minimum Gasteiger partial charge on any atom is -0.490 e. The van der Waals surface area contributed by atoms with Gasteiger partial charge < -0.3 is 20.1 Å². The van der Waals surface area contributed by atoms with Gasteiger partial charge in [0.15, 0.2) is 0 Å². The van der Waals surface area contributed by atoms with Crippen molar-refractivity contribution in [3.8, 4) is 5.75 Å². The highest BCUT2D eigenvalue weighted by molar-refractivity contribution is 5.94. The molecule has 0 saturated heterocycles. The molecule has 0 spiro atoms. The molecule has 1 saturated carbocycles. The molecule has 2 amide bonds. The number of aliphatic hydroxyl groups excluding tert-OH is 1. The van der Waals surface area contributed by atoms with Crippen molar-refractivity contribution in [3.05, 3.63) is 35.9 Å². The lowest BCUT2D eigenvalue weighted by molar-refractivity contribution is -0.131. The van der Waals surface area contributed by atoms with E-state index < -0.39 is 0 Å². The van der Waals surface area contributed by atoms with Crippen molar-refractivity contribution < 1.29 is 19.4 Å². The molecule has 6 heteroatoms. The van der Waals surface area contributed by atoms with Gasteiger partial charge in [-0.15, -0.1) is 0 Å². The summed E-state index contributed by atoms with van der Waals surface area (Å²) in [5, 5.41) is 12.2. The summed E-state index contributed by atoms with van der Waals surface area (Å²) in [7, 11) is 0. The molecule has 29 heavy (non-hydrogen) atoms. The number of nitrogens with one attached hydrogen (secondary N) is 1. The van der Waals surface area contributed by atoms with Crippen LogP contribution in [-0.4, -0.2) is 48.1 Å². The zero-order chi connectivity index (χ0) is 20.5. The number of hydrogen-bond donors (Lipinski definition) is 2. The monoisotopic (exact) mass is 400 g/mol. The van der Waals surface area contributed by atoms with Crippen LogP contribution in [0.1, 0.15) is 50.5 Å². The van der Waals surface area contributed by atoms with Crippen molar-refractivity contribution in [1.29, 1.82) is 0 Å².